The van der Waals surface area contributed by atoms with E-state index < -0.39 is 0 Å². The Morgan fingerprint density at radius 1 is 1.59 bits per heavy atom. The van der Waals surface area contributed by atoms with Crippen molar-refractivity contribution in [2.24, 2.45) is 28.6 Å². The van der Waals surface area contributed by atoms with Crippen molar-refractivity contribution in [2.45, 2.75) is 33.1 Å². The van der Waals surface area contributed by atoms with E-state index in [0.717, 1.165) is 19.3 Å². The van der Waals surface area contributed by atoms with Crippen LogP contribution in [0.5, 0.6) is 0 Å². The van der Waals surface area contributed by atoms with E-state index in [4.69, 9.17) is 10.9 Å². The first-order chi connectivity index (χ1) is 7.97. The monoisotopic (exact) mass is 241 g/mol. The molecule has 1 saturated carbocycles. The van der Waals surface area contributed by atoms with Crippen LogP contribution in [0, 0.1) is 17.8 Å². The van der Waals surface area contributed by atoms with Crippen LogP contribution in [0.3, 0.4) is 0 Å². The Morgan fingerprint density at radius 3 is 2.71 bits per heavy atom. The molecule has 5 heteroatoms. The summed E-state index contributed by atoms with van der Waals surface area (Å²) in [7, 11) is 1.79. The summed E-state index contributed by atoms with van der Waals surface area (Å²) in [5, 5.41) is 11.5. The predicted octanol–water partition coefficient (Wildman–Crippen LogP) is 1.26. The van der Waals surface area contributed by atoms with Gasteiger partial charge in [0.05, 0.1) is 0 Å². The molecular weight excluding hydrogens is 218 g/mol. The predicted molar refractivity (Wildman–Crippen MR) is 66.7 cm³/mol. The van der Waals surface area contributed by atoms with Crippen molar-refractivity contribution in [3.63, 3.8) is 0 Å². The van der Waals surface area contributed by atoms with Gasteiger partial charge in [-0.2, -0.15) is 0 Å². The van der Waals surface area contributed by atoms with Gasteiger partial charge in [-0.25, -0.2) is 0 Å². The van der Waals surface area contributed by atoms with Gasteiger partial charge in [0.15, 0.2) is 0 Å². The van der Waals surface area contributed by atoms with Crippen molar-refractivity contribution >= 4 is 11.7 Å². The first-order valence-electron chi connectivity index (χ1n) is 6.19. The Labute approximate surface area is 103 Å². The number of oxime groups is 1. The summed E-state index contributed by atoms with van der Waals surface area (Å²) in [6.07, 6.45) is 3.27. The van der Waals surface area contributed by atoms with Gasteiger partial charge >= 0.3 is 0 Å². The van der Waals surface area contributed by atoms with Gasteiger partial charge in [0.1, 0.15) is 5.84 Å². The van der Waals surface area contributed by atoms with Crippen LogP contribution in [-0.2, 0) is 4.79 Å². The Morgan fingerprint density at radius 2 is 2.24 bits per heavy atom. The number of hydrogen-bond donors (Lipinski definition) is 2. The molecular formula is C12H23N3O2. The van der Waals surface area contributed by atoms with E-state index in [-0.39, 0.29) is 23.6 Å². The molecule has 0 spiro atoms. The fourth-order valence-electron chi connectivity index (χ4n) is 2.49. The van der Waals surface area contributed by atoms with Crippen LogP contribution < -0.4 is 5.73 Å². The largest absolute Gasteiger partial charge is 0.409 e. The molecule has 3 N–H and O–H groups in total. The number of carbonyl (C=O) groups excluding carboxylic acids is 1. The molecule has 1 fully saturated rings. The minimum Gasteiger partial charge on any atom is -0.409 e. The quantitative estimate of drug-likeness (QED) is 0.336. The number of nitrogens with two attached hydrogens (primary N) is 1. The van der Waals surface area contributed by atoms with Crippen molar-refractivity contribution in [1.29, 1.82) is 0 Å². The summed E-state index contributed by atoms with van der Waals surface area (Å²) >= 11 is 0. The average molecular weight is 241 g/mol. The number of nitrogens with zero attached hydrogens (tertiary/aromatic N) is 2. The maximum absolute atomic E-state index is 12.2. The molecule has 98 valence electrons. The summed E-state index contributed by atoms with van der Waals surface area (Å²) in [5.74, 6) is 0.867. The van der Waals surface area contributed by atoms with Gasteiger partial charge in [-0.1, -0.05) is 25.4 Å². The third kappa shape index (κ3) is 3.35. The van der Waals surface area contributed by atoms with Gasteiger partial charge in [0.25, 0.3) is 0 Å². The Hall–Kier alpha value is -1.26. The fourth-order valence-corrected chi connectivity index (χ4v) is 2.49. The highest BCUT2D eigenvalue weighted by Crippen LogP contribution is 2.32. The second-order valence-electron chi connectivity index (χ2n) is 5.16. The van der Waals surface area contributed by atoms with Crippen LogP contribution >= 0.6 is 0 Å². The summed E-state index contributed by atoms with van der Waals surface area (Å²) in [6, 6.07) is 0. The summed E-state index contributed by atoms with van der Waals surface area (Å²) in [6.45, 7) is 4.48. The number of rotatable bonds is 4. The lowest BCUT2D eigenvalue weighted by Gasteiger charge is -2.25. The Balaban J connectivity index is 2.52. The van der Waals surface area contributed by atoms with Gasteiger partial charge < -0.3 is 15.8 Å². The molecule has 17 heavy (non-hydrogen) atoms. The molecule has 5 nitrogen and oxygen atoms in total. The summed E-state index contributed by atoms with van der Waals surface area (Å²) in [5.41, 5.74) is 5.51. The highest BCUT2D eigenvalue weighted by atomic mass is 16.4. The van der Waals surface area contributed by atoms with Gasteiger partial charge in [-0.3, -0.25) is 4.79 Å². The van der Waals surface area contributed by atoms with Crippen molar-refractivity contribution in [3.05, 3.63) is 0 Å². The van der Waals surface area contributed by atoms with Crippen molar-refractivity contribution in [2.75, 3.05) is 13.6 Å². The highest BCUT2D eigenvalue weighted by Gasteiger charge is 2.32. The zero-order valence-corrected chi connectivity index (χ0v) is 10.9. The third-order valence-electron chi connectivity index (χ3n) is 3.72. The van der Waals surface area contributed by atoms with Crippen LogP contribution in [0.1, 0.15) is 33.1 Å². The van der Waals surface area contributed by atoms with Crippen LogP contribution in [-0.4, -0.2) is 35.4 Å². The second-order valence-corrected chi connectivity index (χ2v) is 5.16. The molecule has 0 aromatic heterocycles. The lowest BCUT2D eigenvalue weighted by atomic mass is 9.96. The van der Waals surface area contributed by atoms with Gasteiger partial charge in [0, 0.05) is 25.4 Å². The highest BCUT2D eigenvalue weighted by molar-refractivity contribution is 5.83. The summed E-state index contributed by atoms with van der Waals surface area (Å²) in [4.78, 5) is 13.9. The van der Waals surface area contributed by atoms with Gasteiger partial charge in [0.2, 0.25) is 5.91 Å². The van der Waals surface area contributed by atoms with Gasteiger partial charge in [-0.15, -0.1) is 0 Å². The van der Waals surface area contributed by atoms with Crippen molar-refractivity contribution in [3.8, 4) is 0 Å². The fraction of sp³-hybridized carbons (Fsp3) is 0.833. The zero-order valence-electron chi connectivity index (χ0n) is 10.9. The molecule has 0 saturated heterocycles. The lowest BCUT2D eigenvalue weighted by Crippen LogP contribution is -2.39. The Kier molecular flexibility index (Phi) is 4.78. The molecule has 3 unspecified atom stereocenters. The van der Waals surface area contributed by atoms with E-state index in [1.54, 1.807) is 11.9 Å². The average Bonchev–Trinajstić information content (AvgIpc) is 2.73. The standard InChI is InChI=1S/C12H23N3O2/c1-8-5-4-6-10(8)12(16)15(3)7-9(2)11(13)14-17/h8-10,17H,4-7H2,1-3H3,(H2,13,14). The van der Waals surface area contributed by atoms with Crippen molar-refractivity contribution in [1.82, 2.24) is 4.90 Å². The lowest BCUT2D eigenvalue weighted by molar-refractivity contribution is -0.135. The maximum atomic E-state index is 12.2. The molecule has 0 bridgehead atoms. The number of carbonyl (C=O) groups is 1. The minimum atomic E-state index is -0.120. The van der Waals surface area contributed by atoms with Crippen LogP contribution in [0.4, 0.5) is 0 Å². The normalized spacial score (nSPS) is 26.9. The third-order valence-corrected chi connectivity index (χ3v) is 3.72. The van der Waals surface area contributed by atoms with E-state index in [1.165, 1.54) is 0 Å². The number of hydrogen-bond acceptors (Lipinski definition) is 3. The maximum Gasteiger partial charge on any atom is 0.225 e. The van der Waals surface area contributed by atoms with E-state index in [1.807, 2.05) is 6.92 Å². The molecule has 0 aliphatic heterocycles. The first kappa shape index (κ1) is 13.8. The van der Waals surface area contributed by atoms with E-state index in [9.17, 15) is 4.79 Å². The van der Waals surface area contributed by atoms with E-state index in [2.05, 4.69) is 12.1 Å². The van der Waals surface area contributed by atoms with Crippen molar-refractivity contribution < 1.29 is 10.0 Å². The smallest absolute Gasteiger partial charge is 0.225 e. The topological polar surface area (TPSA) is 78.9 Å². The van der Waals surface area contributed by atoms with E-state index >= 15 is 0 Å². The molecule has 1 aliphatic carbocycles. The SMILES string of the molecule is CC(CN(C)C(=O)C1CCCC1C)C(N)=NO. The molecule has 1 aliphatic rings. The van der Waals surface area contributed by atoms with Crippen LogP contribution in [0.25, 0.3) is 0 Å². The molecule has 3 atom stereocenters. The first-order valence-corrected chi connectivity index (χ1v) is 6.19. The number of amides is 1. The molecule has 0 radical (unpaired) electrons. The van der Waals surface area contributed by atoms with E-state index in [0.29, 0.717) is 12.5 Å². The molecule has 1 amide bonds. The molecule has 0 aromatic carbocycles. The molecule has 0 heterocycles. The van der Waals surface area contributed by atoms with Crippen LogP contribution in [0.2, 0.25) is 0 Å². The Bertz CT molecular complexity index is 304. The van der Waals surface area contributed by atoms with Crippen LogP contribution in [0.15, 0.2) is 5.16 Å². The number of amidine groups is 1. The molecule has 0 aromatic rings. The second kappa shape index (κ2) is 5.89. The molecule has 1 rings (SSSR count). The summed E-state index contributed by atoms with van der Waals surface area (Å²) < 4.78 is 0. The zero-order chi connectivity index (χ0) is 13.0. The van der Waals surface area contributed by atoms with Gasteiger partial charge in [-0.05, 0) is 18.8 Å². The minimum absolute atomic E-state index is 0.120.